The summed E-state index contributed by atoms with van der Waals surface area (Å²) in [6.45, 7) is 2.07. The maximum Gasteiger partial charge on any atom is 0.310 e. The minimum Gasteiger partial charge on any atom is -0.466 e. The lowest BCUT2D eigenvalue weighted by molar-refractivity contribution is -0.142. The molecule has 1 aromatic rings. The number of carbonyl (C=O) groups is 1. The summed E-state index contributed by atoms with van der Waals surface area (Å²) in [4.78, 5) is 11.2. The van der Waals surface area contributed by atoms with Crippen LogP contribution in [0.5, 0.6) is 0 Å². The first kappa shape index (κ1) is 11.1. The summed E-state index contributed by atoms with van der Waals surface area (Å²) in [5.74, 6) is -0.348. The molecule has 0 heterocycles. The molecule has 4 heteroatoms. The second-order valence-electron chi connectivity index (χ2n) is 2.97. The first-order valence-electron chi connectivity index (χ1n) is 4.62. The minimum absolute atomic E-state index is 0.0851. The van der Waals surface area contributed by atoms with Gasteiger partial charge in [0.05, 0.1) is 18.6 Å². The number of nitrogen functional groups attached to an aromatic ring is 1. The summed E-state index contributed by atoms with van der Waals surface area (Å²) < 4.78 is 4.80. The van der Waals surface area contributed by atoms with Gasteiger partial charge in [-0.05, 0) is 18.6 Å². The summed E-state index contributed by atoms with van der Waals surface area (Å²) in [5.41, 5.74) is 6.95. The second kappa shape index (κ2) is 5.01. The highest BCUT2D eigenvalue weighted by molar-refractivity contribution is 5.75. The number of hydrogen-bond donors (Lipinski definition) is 1. The van der Waals surface area contributed by atoms with Crippen molar-refractivity contribution >= 4 is 11.7 Å². The topological polar surface area (TPSA) is 76.1 Å². The average molecular weight is 204 g/mol. The molecule has 0 fully saturated rings. The second-order valence-corrected chi connectivity index (χ2v) is 2.97. The maximum atomic E-state index is 11.2. The summed E-state index contributed by atoms with van der Waals surface area (Å²) >= 11 is 0. The third kappa shape index (κ3) is 2.71. The van der Waals surface area contributed by atoms with Crippen molar-refractivity contribution in [2.45, 2.75) is 13.3 Å². The van der Waals surface area contributed by atoms with Crippen molar-refractivity contribution < 1.29 is 9.53 Å². The number of benzene rings is 1. The number of nitrogens with zero attached hydrogens (tertiary/aromatic N) is 1. The van der Waals surface area contributed by atoms with Crippen LogP contribution in [-0.4, -0.2) is 12.6 Å². The van der Waals surface area contributed by atoms with Gasteiger partial charge in [0.25, 0.3) is 0 Å². The quantitative estimate of drug-likeness (QED) is 0.593. The van der Waals surface area contributed by atoms with Crippen molar-refractivity contribution in [2.24, 2.45) is 0 Å². The summed E-state index contributed by atoms with van der Waals surface area (Å²) in [5, 5.41) is 8.86. The van der Waals surface area contributed by atoms with Gasteiger partial charge in [-0.1, -0.05) is 12.1 Å². The molecule has 78 valence electrons. The van der Waals surface area contributed by atoms with Gasteiger partial charge in [-0.25, -0.2) is 0 Å². The monoisotopic (exact) mass is 204 g/mol. The Morgan fingerprint density at radius 2 is 2.33 bits per heavy atom. The Kier molecular flexibility index (Phi) is 3.69. The van der Waals surface area contributed by atoms with Gasteiger partial charge in [-0.3, -0.25) is 4.79 Å². The predicted molar refractivity (Wildman–Crippen MR) is 55.9 cm³/mol. The Labute approximate surface area is 88.3 Å². The standard InChI is InChI=1S/C11H12N2O2/c1-2-15-11(14)6-8-4-3-5-10(13)9(8)7-12/h3-5H,2,6,13H2,1H3. The Morgan fingerprint density at radius 3 is 2.93 bits per heavy atom. The molecule has 0 saturated heterocycles. The van der Waals surface area contributed by atoms with Gasteiger partial charge in [0.15, 0.2) is 0 Å². The zero-order valence-electron chi connectivity index (χ0n) is 8.49. The number of esters is 1. The molecule has 0 unspecified atom stereocenters. The lowest BCUT2D eigenvalue weighted by Crippen LogP contribution is -2.09. The van der Waals surface area contributed by atoms with E-state index in [1.165, 1.54) is 0 Å². The fraction of sp³-hybridized carbons (Fsp3) is 0.273. The van der Waals surface area contributed by atoms with Crippen LogP contribution in [0, 0.1) is 11.3 Å². The number of ether oxygens (including phenoxy) is 1. The van der Waals surface area contributed by atoms with Gasteiger partial charge in [-0.2, -0.15) is 5.26 Å². The fourth-order valence-electron chi connectivity index (χ4n) is 1.27. The average Bonchev–Trinajstić information content (AvgIpc) is 2.18. The Morgan fingerprint density at radius 1 is 1.60 bits per heavy atom. The van der Waals surface area contributed by atoms with Crippen molar-refractivity contribution in [1.82, 2.24) is 0 Å². The van der Waals surface area contributed by atoms with Gasteiger partial charge in [0.2, 0.25) is 0 Å². The van der Waals surface area contributed by atoms with Gasteiger partial charge in [0.1, 0.15) is 6.07 Å². The van der Waals surface area contributed by atoms with E-state index >= 15 is 0 Å². The van der Waals surface area contributed by atoms with Crippen LogP contribution in [0.3, 0.4) is 0 Å². The Hall–Kier alpha value is -2.02. The van der Waals surface area contributed by atoms with Crippen LogP contribution < -0.4 is 5.73 Å². The molecule has 0 amide bonds. The van der Waals surface area contributed by atoms with E-state index in [9.17, 15) is 4.79 Å². The summed E-state index contributed by atoms with van der Waals surface area (Å²) in [6.07, 6.45) is 0.0851. The van der Waals surface area contributed by atoms with E-state index in [0.29, 0.717) is 23.4 Å². The maximum absolute atomic E-state index is 11.2. The van der Waals surface area contributed by atoms with Crippen LogP contribution in [0.15, 0.2) is 18.2 Å². The molecule has 0 bridgehead atoms. The molecular weight excluding hydrogens is 192 g/mol. The highest BCUT2D eigenvalue weighted by Crippen LogP contribution is 2.16. The molecule has 0 spiro atoms. The smallest absolute Gasteiger partial charge is 0.310 e. The largest absolute Gasteiger partial charge is 0.466 e. The van der Waals surface area contributed by atoms with Crippen molar-refractivity contribution in [2.75, 3.05) is 12.3 Å². The predicted octanol–water partition coefficient (Wildman–Crippen LogP) is 1.25. The summed E-state index contributed by atoms with van der Waals surface area (Å²) in [6, 6.07) is 7.02. The van der Waals surface area contributed by atoms with E-state index in [-0.39, 0.29) is 12.4 Å². The number of rotatable bonds is 3. The zero-order chi connectivity index (χ0) is 11.3. The summed E-state index contributed by atoms with van der Waals surface area (Å²) in [7, 11) is 0. The number of hydrogen-bond acceptors (Lipinski definition) is 4. The number of anilines is 1. The minimum atomic E-state index is -0.348. The van der Waals surface area contributed by atoms with Crippen LogP contribution in [-0.2, 0) is 16.0 Å². The molecule has 0 aliphatic rings. The number of nitriles is 1. The number of carbonyl (C=O) groups excluding carboxylic acids is 1. The molecule has 0 aliphatic heterocycles. The van der Waals surface area contributed by atoms with E-state index in [0.717, 1.165) is 0 Å². The first-order valence-corrected chi connectivity index (χ1v) is 4.62. The molecule has 4 nitrogen and oxygen atoms in total. The molecule has 0 aliphatic carbocycles. The van der Waals surface area contributed by atoms with Gasteiger partial charge < -0.3 is 10.5 Å². The molecule has 0 radical (unpaired) electrons. The zero-order valence-corrected chi connectivity index (χ0v) is 8.49. The van der Waals surface area contributed by atoms with Crippen molar-refractivity contribution in [3.63, 3.8) is 0 Å². The van der Waals surface area contributed by atoms with E-state index in [4.69, 9.17) is 15.7 Å². The molecular formula is C11H12N2O2. The van der Waals surface area contributed by atoms with E-state index in [1.54, 1.807) is 25.1 Å². The van der Waals surface area contributed by atoms with Gasteiger partial charge in [0, 0.05) is 5.69 Å². The molecule has 15 heavy (non-hydrogen) atoms. The number of nitrogens with two attached hydrogens (primary N) is 1. The third-order valence-corrected chi connectivity index (χ3v) is 1.93. The Bertz CT molecular complexity index is 408. The molecule has 0 atom stereocenters. The first-order chi connectivity index (χ1) is 7.19. The van der Waals surface area contributed by atoms with Crippen LogP contribution in [0.25, 0.3) is 0 Å². The van der Waals surface area contributed by atoms with Crippen LogP contribution in [0.1, 0.15) is 18.1 Å². The van der Waals surface area contributed by atoms with E-state index in [2.05, 4.69) is 0 Å². The molecule has 0 saturated carbocycles. The molecule has 2 N–H and O–H groups in total. The van der Waals surface area contributed by atoms with E-state index in [1.807, 2.05) is 6.07 Å². The lowest BCUT2D eigenvalue weighted by Gasteiger charge is -2.05. The molecule has 1 aromatic carbocycles. The highest BCUT2D eigenvalue weighted by atomic mass is 16.5. The van der Waals surface area contributed by atoms with Crippen LogP contribution >= 0.6 is 0 Å². The normalized spacial score (nSPS) is 9.33. The molecule has 0 aromatic heterocycles. The van der Waals surface area contributed by atoms with Crippen molar-refractivity contribution in [3.05, 3.63) is 29.3 Å². The van der Waals surface area contributed by atoms with Crippen LogP contribution in [0.4, 0.5) is 5.69 Å². The van der Waals surface area contributed by atoms with E-state index < -0.39 is 0 Å². The third-order valence-electron chi connectivity index (χ3n) is 1.93. The highest BCUT2D eigenvalue weighted by Gasteiger charge is 2.10. The van der Waals surface area contributed by atoms with Gasteiger partial charge >= 0.3 is 5.97 Å². The van der Waals surface area contributed by atoms with Crippen LogP contribution in [0.2, 0.25) is 0 Å². The Balaban J connectivity index is 2.91. The lowest BCUT2D eigenvalue weighted by atomic mass is 10.0. The fourth-order valence-corrected chi connectivity index (χ4v) is 1.27. The van der Waals surface area contributed by atoms with Gasteiger partial charge in [-0.15, -0.1) is 0 Å². The van der Waals surface area contributed by atoms with Crippen molar-refractivity contribution in [3.8, 4) is 6.07 Å². The molecule has 1 rings (SSSR count). The SMILES string of the molecule is CCOC(=O)Cc1cccc(N)c1C#N. The van der Waals surface area contributed by atoms with Crippen molar-refractivity contribution in [1.29, 1.82) is 5.26 Å².